The van der Waals surface area contributed by atoms with Crippen molar-refractivity contribution in [3.05, 3.63) is 59.7 Å². The summed E-state index contributed by atoms with van der Waals surface area (Å²) < 4.78 is 15.9. The number of alkyl carbamates (subject to hydrolysis) is 1. The Hall–Kier alpha value is -2.70. The van der Waals surface area contributed by atoms with Crippen LogP contribution >= 0.6 is 0 Å². The first-order valence-electron chi connectivity index (χ1n) is 9.40. The summed E-state index contributed by atoms with van der Waals surface area (Å²) in [5.41, 5.74) is 4.77. The van der Waals surface area contributed by atoms with Crippen molar-refractivity contribution >= 4 is 11.9 Å². The lowest BCUT2D eigenvalue weighted by molar-refractivity contribution is -0.121. The number of hydrogen-bond donors (Lipinski definition) is 1. The molecule has 0 saturated carbocycles. The van der Waals surface area contributed by atoms with Crippen molar-refractivity contribution < 1.29 is 23.8 Å². The van der Waals surface area contributed by atoms with Gasteiger partial charge in [0.1, 0.15) is 13.2 Å². The Morgan fingerprint density at radius 2 is 1.50 bits per heavy atom. The highest BCUT2D eigenvalue weighted by molar-refractivity contribution is 5.79. The van der Waals surface area contributed by atoms with Crippen molar-refractivity contribution in [1.82, 2.24) is 5.32 Å². The fraction of sp³-hybridized carbons (Fsp3) is 0.364. The second-order valence-electron chi connectivity index (χ2n) is 6.62. The van der Waals surface area contributed by atoms with Crippen LogP contribution in [0.4, 0.5) is 4.79 Å². The molecule has 1 aliphatic carbocycles. The van der Waals surface area contributed by atoms with Crippen molar-refractivity contribution in [2.24, 2.45) is 0 Å². The van der Waals surface area contributed by atoms with Crippen LogP contribution in [0.1, 0.15) is 24.0 Å². The average molecular weight is 383 g/mol. The van der Waals surface area contributed by atoms with Crippen LogP contribution in [0, 0.1) is 0 Å². The van der Waals surface area contributed by atoms with Crippen LogP contribution in [0.2, 0.25) is 0 Å². The van der Waals surface area contributed by atoms with Crippen LogP contribution in [0.5, 0.6) is 0 Å². The van der Waals surface area contributed by atoms with Crippen LogP contribution in [0.25, 0.3) is 11.1 Å². The van der Waals surface area contributed by atoms with E-state index in [1.54, 1.807) is 0 Å². The predicted molar refractivity (Wildman–Crippen MR) is 105 cm³/mol. The van der Waals surface area contributed by atoms with Gasteiger partial charge in [0.15, 0.2) is 5.78 Å². The second-order valence-corrected chi connectivity index (χ2v) is 6.62. The van der Waals surface area contributed by atoms with Gasteiger partial charge < -0.3 is 19.5 Å². The Kier molecular flexibility index (Phi) is 7.17. The summed E-state index contributed by atoms with van der Waals surface area (Å²) in [6, 6.07) is 16.4. The van der Waals surface area contributed by atoms with Gasteiger partial charge in [-0.25, -0.2) is 4.79 Å². The summed E-state index contributed by atoms with van der Waals surface area (Å²) in [6.07, 6.45) is -0.460. The molecule has 0 atom stereocenters. The minimum absolute atomic E-state index is 0.0167. The molecule has 6 heteroatoms. The van der Waals surface area contributed by atoms with Gasteiger partial charge in [0.2, 0.25) is 0 Å². The zero-order valence-electron chi connectivity index (χ0n) is 16.0. The maximum atomic E-state index is 12.0. The lowest BCUT2D eigenvalue weighted by Crippen LogP contribution is -2.29. The molecule has 1 amide bonds. The molecule has 0 radical (unpaired) electrons. The molecule has 2 aromatic carbocycles. The maximum Gasteiger partial charge on any atom is 0.407 e. The maximum absolute atomic E-state index is 12.0. The van der Waals surface area contributed by atoms with E-state index in [0.717, 1.165) is 0 Å². The van der Waals surface area contributed by atoms with Gasteiger partial charge in [0.25, 0.3) is 0 Å². The lowest BCUT2D eigenvalue weighted by atomic mass is 9.98. The molecule has 0 bridgehead atoms. The Balaban J connectivity index is 1.39. The minimum atomic E-state index is -0.460. The fourth-order valence-electron chi connectivity index (χ4n) is 3.31. The largest absolute Gasteiger partial charge is 0.449 e. The van der Waals surface area contributed by atoms with E-state index in [1.807, 2.05) is 24.3 Å². The number of ketones is 1. The third kappa shape index (κ3) is 5.18. The van der Waals surface area contributed by atoms with Gasteiger partial charge in [0.05, 0.1) is 19.8 Å². The first-order valence-corrected chi connectivity index (χ1v) is 9.40. The number of hydrogen-bond acceptors (Lipinski definition) is 5. The van der Waals surface area contributed by atoms with E-state index >= 15 is 0 Å². The van der Waals surface area contributed by atoms with Gasteiger partial charge >= 0.3 is 6.09 Å². The standard InChI is InChI=1S/C22H25NO5/c1-16(24)14-27-13-12-26-11-10-23-22(25)28-15-21-19-8-4-2-6-17(19)18-7-3-5-9-20(18)21/h2-9,21H,10-15H2,1H3,(H,23,25). The van der Waals surface area contributed by atoms with E-state index in [1.165, 1.54) is 29.2 Å². The molecule has 0 saturated heterocycles. The third-order valence-electron chi connectivity index (χ3n) is 4.54. The topological polar surface area (TPSA) is 73.9 Å². The van der Waals surface area contributed by atoms with Gasteiger partial charge in [-0.05, 0) is 29.2 Å². The van der Waals surface area contributed by atoms with Crippen LogP contribution in [0.3, 0.4) is 0 Å². The Labute approximate surface area is 164 Å². The van der Waals surface area contributed by atoms with Crippen LogP contribution in [-0.4, -0.2) is 51.5 Å². The molecule has 0 heterocycles. The molecule has 2 aromatic rings. The van der Waals surface area contributed by atoms with E-state index < -0.39 is 6.09 Å². The number of Topliss-reactive ketones (excluding diaryl/α,β-unsaturated/α-hetero) is 1. The molecule has 6 nitrogen and oxygen atoms in total. The van der Waals surface area contributed by atoms with Crippen LogP contribution < -0.4 is 5.32 Å². The highest BCUT2D eigenvalue weighted by atomic mass is 16.6. The summed E-state index contributed by atoms with van der Waals surface area (Å²) in [5.74, 6) is 0.0322. The van der Waals surface area contributed by atoms with E-state index in [-0.39, 0.29) is 18.3 Å². The quantitative estimate of drug-likeness (QED) is 0.638. The smallest absolute Gasteiger partial charge is 0.407 e. The number of benzene rings is 2. The SMILES string of the molecule is CC(=O)COCCOCCNC(=O)OCC1c2ccccc2-c2ccccc21. The van der Waals surface area contributed by atoms with Gasteiger partial charge in [-0.3, -0.25) is 4.79 Å². The first-order chi connectivity index (χ1) is 13.7. The molecule has 0 aromatic heterocycles. The van der Waals surface area contributed by atoms with Crippen molar-refractivity contribution in [3.8, 4) is 11.1 Å². The number of carbonyl (C=O) groups is 2. The summed E-state index contributed by atoms with van der Waals surface area (Å²) in [6.45, 7) is 3.29. The molecule has 3 rings (SSSR count). The van der Waals surface area contributed by atoms with Gasteiger partial charge in [-0.2, -0.15) is 0 Å². The van der Waals surface area contributed by atoms with Crippen LogP contribution in [-0.2, 0) is 19.0 Å². The highest BCUT2D eigenvalue weighted by Gasteiger charge is 2.28. The number of carbonyl (C=O) groups excluding carboxylic acids is 2. The Bertz CT molecular complexity index is 775. The molecule has 0 unspecified atom stereocenters. The van der Waals surface area contributed by atoms with Crippen molar-refractivity contribution in [3.63, 3.8) is 0 Å². The number of ether oxygens (including phenoxy) is 3. The van der Waals surface area contributed by atoms with Crippen molar-refractivity contribution in [1.29, 1.82) is 0 Å². The Morgan fingerprint density at radius 1 is 0.893 bits per heavy atom. The van der Waals surface area contributed by atoms with E-state index in [0.29, 0.717) is 33.0 Å². The normalized spacial score (nSPS) is 12.3. The van der Waals surface area contributed by atoms with E-state index in [9.17, 15) is 9.59 Å². The average Bonchev–Trinajstić information content (AvgIpc) is 3.02. The van der Waals surface area contributed by atoms with E-state index in [4.69, 9.17) is 14.2 Å². The van der Waals surface area contributed by atoms with E-state index in [2.05, 4.69) is 29.6 Å². The number of rotatable bonds is 10. The minimum Gasteiger partial charge on any atom is -0.449 e. The lowest BCUT2D eigenvalue weighted by Gasteiger charge is -2.14. The molecule has 1 aliphatic rings. The molecular formula is C22H25NO5. The van der Waals surface area contributed by atoms with Gasteiger partial charge in [-0.1, -0.05) is 48.5 Å². The summed E-state index contributed by atoms with van der Waals surface area (Å²) in [5, 5.41) is 2.68. The summed E-state index contributed by atoms with van der Waals surface area (Å²) >= 11 is 0. The first kappa shape index (κ1) is 20.0. The molecular weight excluding hydrogens is 358 g/mol. The van der Waals surface area contributed by atoms with Crippen LogP contribution in [0.15, 0.2) is 48.5 Å². The molecule has 148 valence electrons. The summed E-state index contributed by atoms with van der Waals surface area (Å²) in [7, 11) is 0. The monoisotopic (exact) mass is 383 g/mol. The summed E-state index contributed by atoms with van der Waals surface area (Å²) in [4.78, 5) is 22.7. The molecule has 28 heavy (non-hydrogen) atoms. The molecule has 0 fully saturated rings. The predicted octanol–water partition coefficient (Wildman–Crippen LogP) is 3.15. The Morgan fingerprint density at radius 3 is 2.14 bits per heavy atom. The number of fused-ring (bicyclic) bond motifs is 3. The molecule has 0 aliphatic heterocycles. The number of amides is 1. The van der Waals surface area contributed by atoms with Gasteiger partial charge in [0, 0.05) is 12.5 Å². The fourth-order valence-corrected chi connectivity index (χ4v) is 3.31. The third-order valence-corrected chi connectivity index (χ3v) is 4.54. The highest BCUT2D eigenvalue weighted by Crippen LogP contribution is 2.44. The zero-order chi connectivity index (χ0) is 19.8. The van der Waals surface area contributed by atoms with Gasteiger partial charge in [-0.15, -0.1) is 0 Å². The molecule has 1 N–H and O–H groups in total. The second kappa shape index (κ2) is 10.0. The van der Waals surface area contributed by atoms with Crippen molar-refractivity contribution in [2.45, 2.75) is 12.8 Å². The zero-order valence-corrected chi connectivity index (χ0v) is 16.0. The van der Waals surface area contributed by atoms with Crippen molar-refractivity contribution in [2.75, 3.05) is 39.6 Å². The number of nitrogens with one attached hydrogen (secondary N) is 1. The molecule has 0 spiro atoms.